The summed E-state index contributed by atoms with van der Waals surface area (Å²) in [5.41, 5.74) is 32.5. The SMILES string of the molecule is Cc1ccc(N(c2cccc(C)c2)c2ccc3c(c2)C(C)(C)c2cc(C=Cc4ccc5c(c4)C(C)(C)c4cc(C=Cc6ccc7c(c6)C(C)(C)c6cc(N(c8ccc(C)cc8)c8cccc(C)c8)ccc6-7)ccc4-5)ccc2-3)cc1. The minimum absolute atomic E-state index is 0.147. The van der Waals surface area contributed by atoms with Gasteiger partial charge in [-0.15, -0.1) is 0 Å². The molecule has 0 radical (unpaired) electrons. The lowest BCUT2D eigenvalue weighted by Gasteiger charge is -2.28. The smallest absolute Gasteiger partial charge is 0.0465 e. The van der Waals surface area contributed by atoms with Crippen LogP contribution in [0.5, 0.6) is 0 Å². The van der Waals surface area contributed by atoms with E-state index >= 15 is 0 Å². The standard InChI is InChI=1S/C77H68N2/c1-49-17-29-57(30-18-49)78(59-15-11-13-51(3)41-59)61-33-39-67-65-37-27-55(45-71(65)76(7,8)73(67)47-61)23-21-53-25-35-63-64-36-26-54(44-70(64)75(5,6)69(63)43-53)22-24-56-28-38-66-68-40-34-62(48-74(68)77(9,10)72(66)46-56)79(58-31-19-50(2)20-32-58)60-16-12-14-52(4)42-60/h11-48H,1-10H3. The topological polar surface area (TPSA) is 6.48 Å². The Labute approximate surface area is 468 Å². The number of hydrogen-bond donors (Lipinski definition) is 0. The number of benzene rings is 10. The van der Waals surface area contributed by atoms with E-state index in [1.807, 2.05) is 0 Å². The van der Waals surface area contributed by atoms with Gasteiger partial charge in [-0.2, -0.15) is 0 Å². The fourth-order valence-electron chi connectivity index (χ4n) is 13.2. The van der Waals surface area contributed by atoms with Crippen LogP contribution in [0.4, 0.5) is 34.1 Å². The van der Waals surface area contributed by atoms with Gasteiger partial charge in [0.25, 0.3) is 0 Å². The first-order chi connectivity index (χ1) is 38.0. The quantitative estimate of drug-likeness (QED) is 0.126. The molecule has 10 aromatic rings. The van der Waals surface area contributed by atoms with Crippen molar-refractivity contribution in [1.82, 2.24) is 0 Å². The molecule has 0 saturated heterocycles. The van der Waals surface area contributed by atoms with Gasteiger partial charge in [-0.1, -0.05) is 210 Å². The summed E-state index contributed by atoms with van der Waals surface area (Å²) in [4.78, 5) is 4.79. The predicted molar refractivity (Wildman–Crippen MR) is 338 cm³/mol. The fraction of sp³-hybridized carbons (Fsp3) is 0.169. The Kier molecular flexibility index (Phi) is 11.8. The zero-order chi connectivity index (χ0) is 54.5. The molecule has 79 heavy (non-hydrogen) atoms. The van der Waals surface area contributed by atoms with E-state index in [2.05, 4.69) is 310 Å². The molecule has 0 aliphatic heterocycles. The molecule has 0 aromatic heterocycles. The molecule has 3 aliphatic rings. The molecule has 10 aromatic carbocycles. The van der Waals surface area contributed by atoms with Gasteiger partial charge in [0.1, 0.15) is 0 Å². The number of hydrogen-bond acceptors (Lipinski definition) is 2. The maximum Gasteiger partial charge on any atom is 0.0465 e. The minimum atomic E-state index is -0.169. The van der Waals surface area contributed by atoms with Gasteiger partial charge in [-0.3, -0.25) is 0 Å². The van der Waals surface area contributed by atoms with Gasteiger partial charge in [-0.05, 0) is 201 Å². The summed E-state index contributed by atoms with van der Waals surface area (Å²) < 4.78 is 0. The van der Waals surface area contributed by atoms with E-state index in [4.69, 9.17) is 0 Å². The summed E-state index contributed by atoms with van der Waals surface area (Å²) in [5, 5.41) is 0. The number of fused-ring (bicyclic) bond motifs is 9. The molecular formula is C77H68N2. The average molecular weight is 1020 g/mol. The van der Waals surface area contributed by atoms with Crippen molar-refractivity contribution < 1.29 is 0 Å². The second kappa shape index (κ2) is 18.7. The molecule has 0 heterocycles. The van der Waals surface area contributed by atoms with E-state index in [9.17, 15) is 0 Å². The summed E-state index contributed by atoms with van der Waals surface area (Å²) in [7, 11) is 0. The molecule has 0 fully saturated rings. The molecule has 0 spiro atoms. The first-order valence-electron chi connectivity index (χ1n) is 28.1. The molecule has 3 aliphatic carbocycles. The lowest BCUT2D eigenvalue weighted by atomic mass is 9.81. The van der Waals surface area contributed by atoms with Crippen molar-refractivity contribution in [2.75, 3.05) is 9.80 Å². The lowest BCUT2D eigenvalue weighted by molar-refractivity contribution is 0.660. The highest BCUT2D eigenvalue weighted by atomic mass is 15.1. The number of rotatable bonds is 10. The Morgan fingerprint density at radius 3 is 0.785 bits per heavy atom. The van der Waals surface area contributed by atoms with Crippen LogP contribution < -0.4 is 9.80 Å². The predicted octanol–water partition coefficient (Wildman–Crippen LogP) is 21.1. The van der Waals surface area contributed by atoms with Gasteiger partial charge < -0.3 is 9.80 Å². The third-order valence-electron chi connectivity index (χ3n) is 17.6. The van der Waals surface area contributed by atoms with E-state index < -0.39 is 0 Å². The second-order valence-electron chi connectivity index (χ2n) is 24.2. The zero-order valence-corrected chi connectivity index (χ0v) is 47.3. The second-order valence-corrected chi connectivity index (χ2v) is 24.2. The van der Waals surface area contributed by atoms with Crippen LogP contribution in [0, 0.1) is 27.7 Å². The molecule has 2 heteroatoms. The van der Waals surface area contributed by atoms with Crippen LogP contribution in [-0.2, 0) is 16.2 Å². The van der Waals surface area contributed by atoms with Crippen molar-refractivity contribution in [2.24, 2.45) is 0 Å². The van der Waals surface area contributed by atoms with E-state index in [-0.39, 0.29) is 16.2 Å². The van der Waals surface area contributed by atoms with Crippen LogP contribution in [-0.4, -0.2) is 0 Å². The summed E-state index contributed by atoms with van der Waals surface area (Å²) >= 11 is 0. The monoisotopic (exact) mass is 1020 g/mol. The van der Waals surface area contributed by atoms with Crippen molar-refractivity contribution in [3.8, 4) is 33.4 Å². The van der Waals surface area contributed by atoms with Crippen molar-refractivity contribution in [3.05, 3.63) is 284 Å². The Bertz CT molecular complexity index is 3870. The third kappa shape index (κ3) is 8.57. The first kappa shape index (κ1) is 49.8. The highest BCUT2D eigenvalue weighted by Crippen LogP contribution is 2.54. The van der Waals surface area contributed by atoms with E-state index in [0.29, 0.717) is 0 Å². The van der Waals surface area contributed by atoms with E-state index in [1.165, 1.54) is 134 Å². The average Bonchev–Trinajstić information content (AvgIpc) is 3.96. The van der Waals surface area contributed by atoms with Crippen molar-refractivity contribution in [3.63, 3.8) is 0 Å². The Hall–Kier alpha value is -8.72. The molecule has 2 nitrogen and oxygen atoms in total. The third-order valence-corrected chi connectivity index (χ3v) is 17.6. The molecule has 386 valence electrons. The molecule has 13 rings (SSSR count). The van der Waals surface area contributed by atoms with Gasteiger partial charge in [0.05, 0.1) is 0 Å². The van der Waals surface area contributed by atoms with Gasteiger partial charge in [-0.25, -0.2) is 0 Å². The Morgan fingerprint density at radius 2 is 0.494 bits per heavy atom. The summed E-state index contributed by atoms with van der Waals surface area (Å²) in [6.45, 7) is 22.9. The zero-order valence-electron chi connectivity index (χ0n) is 47.3. The molecule has 0 bridgehead atoms. The van der Waals surface area contributed by atoms with Gasteiger partial charge in [0, 0.05) is 50.4 Å². The van der Waals surface area contributed by atoms with Crippen molar-refractivity contribution >= 4 is 58.4 Å². The van der Waals surface area contributed by atoms with Crippen LogP contribution in [0.15, 0.2) is 206 Å². The van der Waals surface area contributed by atoms with E-state index in [1.54, 1.807) is 0 Å². The molecule has 0 amide bonds. The molecule has 0 N–H and O–H groups in total. The van der Waals surface area contributed by atoms with Crippen LogP contribution >= 0.6 is 0 Å². The van der Waals surface area contributed by atoms with Crippen LogP contribution in [0.2, 0.25) is 0 Å². The molecule has 0 saturated carbocycles. The minimum Gasteiger partial charge on any atom is -0.310 e. The maximum absolute atomic E-state index is 2.42. The van der Waals surface area contributed by atoms with Crippen LogP contribution in [0.25, 0.3) is 57.7 Å². The molecule has 0 unspecified atom stereocenters. The highest BCUT2D eigenvalue weighted by Gasteiger charge is 2.39. The Morgan fingerprint density at radius 1 is 0.241 bits per heavy atom. The maximum atomic E-state index is 2.42. The van der Waals surface area contributed by atoms with Crippen LogP contribution in [0.3, 0.4) is 0 Å². The largest absolute Gasteiger partial charge is 0.310 e. The highest BCUT2D eigenvalue weighted by molar-refractivity contribution is 5.90. The van der Waals surface area contributed by atoms with Gasteiger partial charge in [0.15, 0.2) is 0 Å². The Balaban J connectivity index is 0.731. The number of nitrogens with zero attached hydrogens (tertiary/aromatic N) is 2. The molecule has 0 atom stereocenters. The van der Waals surface area contributed by atoms with Crippen LogP contribution in [0.1, 0.15) is 119 Å². The summed E-state index contributed by atoms with van der Waals surface area (Å²) in [6.07, 6.45) is 9.18. The first-order valence-corrected chi connectivity index (χ1v) is 28.1. The molecular weight excluding hydrogens is 953 g/mol. The number of anilines is 6. The number of aryl methyl sites for hydroxylation is 4. The van der Waals surface area contributed by atoms with Gasteiger partial charge in [0.2, 0.25) is 0 Å². The van der Waals surface area contributed by atoms with Crippen molar-refractivity contribution in [1.29, 1.82) is 0 Å². The summed E-state index contributed by atoms with van der Waals surface area (Å²) in [5.74, 6) is 0. The lowest BCUT2D eigenvalue weighted by Crippen LogP contribution is -2.16. The fourth-order valence-corrected chi connectivity index (χ4v) is 13.2. The normalized spacial score (nSPS) is 14.7. The van der Waals surface area contributed by atoms with E-state index in [0.717, 1.165) is 11.4 Å². The van der Waals surface area contributed by atoms with Crippen molar-refractivity contribution in [2.45, 2.75) is 85.5 Å². The summed E-state index contributed by atoms with van der Waals surface area (Å²) in [6, 6.07) is 77.6. The van der Waals surface area contributed by atoms with Gasteiger partial charge >= 0.3 is 0 Å².